The van der Waals surface area contributed by atoms with E-state index in [2.05, 4.69) is 12.1 Å². The number of hydrogen-bond donors (Lipinski definition) is 0. The Morgan fingerprint density at radius 3 is 2.72 bits per heavy atom. The molecular weight excluding hydrogens is 450 g/mol. The number of methoxy groups -OCH3 is 1. The summed E-state index contributed by atoms with van der Waals surface area (Å²) in [5.74, 6) is 2.02. The van der Waals surface area contributed by atoms with E-state index in [0.29, 0.717) is 47.8 Å². The van der Waals surface area contributed by atoms with Gasteiger partial charge >= 0.3 is 0 Å². The van der Waals surface area contributed by atoms with E-state index < -0.39 is 0 Å². The molecule has 5 rings (SSSR count). The first kappa shape index (κ1) is 23.7. The fraction of sp³-hybridized carbons (Fsp3) is 0.333. The fourth-order valence-corrected chi connectivity index (χ4v) is 5.04. The Balaban J connectivity index is 1.52. The van der Waals surface area contributed by atoms with Gasteiger partial charge in [-0.1, -0.05) is 37.3 Å². The van der Waals surface area contributed by atoms with Gasteiger partial charge in [0.1, 0.15) is 17.7 Å². The molecule has 0 atom stereocenters. The number of benzene rings is 2. The van der Waals surface area contributed by atoms with Gasteiger partial charge < -0.3 is 9.47 Å². The number of Topliss-reactive ketones (excluding diaryl/α,β-unsaturated/α-hetero) is 1. The molecule has 0 aliphatic heterocycles. The van der Waals surface area contributed by atoms with Crippen molar-refractivity contribution in [2.75, 3.05) is 7.11 Å². The minimum atomic E-state index is 0.0833. The van der Waals surface area contributed by atoms with Crippen molar-refractivity contribution >= 4 is 11.4 Å². The number of rotatable bonds is 8. The van der Waals surface area contributed by atoms with Crippen LogP contribution in [0.25, 0.3) is 5.57 Å². The molecule has 0 saturated heterocycles. The highest BCUT2D eigenvalue weighted by Gasteiger charge is 2.27. The minimum Gasteiger partial charge on any atom is -0.496 e. The van der Waals surface area contributed by atoms with E-state index >= 15 is 0 Å². The lowest BCUT2D eigenvalue weighted by Crippen LogP contribution is -2.15. The van der Waals surface area contributed by atoms with E-state index in [4.69, 9.17) is 19.4 Å². The van der Waals surface area contributed by atoms with Crippen molar-refractivity contribution in [2.45, 2.75) is 58.0 Å². The van der Waals surface area contributed by atoms with E-state index in [9.17, 15) is 10.1 Å². The van der Waals surface area contributed by atoms with Crippen LogP contribution >= 0.6 is 0 Å². The summed E-state index contributed by atoms with van der Waals surface area (Å²) in [5, 5.41) is 9.38. The van der Waals surface area contributed by atoms with Gasteiger partial charge in [0, 0.05) is 30.4 Å². The fourth-order valence-electron chi connectivity index (χ4n) is 5.04. The Kier molecular flexibility index (Phi) is 6.81. The molecule has 0 bridgehead atoms. The lowest BCUT2D eigenvalue weighted by molar-refractivity contribution is 0.0988. The summed E-state index contributed by atoms with van der Waals surface area (Å²) < 4.78 is 12.1. The molecule has 36 heavy (non-hydrogen) atoms. The van der Waals surface area contributed by atoms with E-state index in [0.717, 1.165) is 53.6 Å². The van der Waals surface area contributed by atoms with Crippen LogP contribution in [0.2, 0.25) is 0 Å². The molecule has 6 heteroatoms. The zero-order chi connectivity index (χ0) is 25.1. The SMILES string of the molecule is CCC(=O)c1ccc(Cc2nc3c(c(OC4CCCC4)n2)C(c2cccc(C#N)c2)=CC3)c(OC)c1. The number of carbonyl (C=O) groups excluding carboxylic acids is 1. The van der Waals surface area contributed by atoms with Gasteiger partial charge in [-0.05, 0) is 55.0 Å². The number of nitriles is 1. The number of fused-ring (bicyclic) bond motifs is 1. The molecule has 182 valence electrons. The maximum absolute atomic E-state index is 12.2. The first-order valence-electron chi connectivity index (χ1n) is 12.6. The quantitative estimate of drug-likeness (QED) is 0.377. The van der Waals surface area contributed by atoms with Crippen LogP contribution in [0.15, 0.2) is 48.5 Å². The summed E-state index contributed by atoms with van der Waals surface area (Å²) >= 11 is 0. The lowest BCUT2D eigenvalue weighted by atomic mass is 9.99. The summed E-state index contributed by atoms with van der Waals surface area (Å²) in [7, 11) is 1.61. The highest BCUT2D eigenvalue weighted by molar-refractivity contribution is 5.96. The number of nitrogens with zero attached hydrogens (tertiary/aromatic N) is 3. The van der Waals surface area contributed by atoms with Crippen LogP contribution in [0.4, 0.5) is 0 Å². The van der Waals surface area contributed by atoms with Crippen molar-refractivity contribution in [2.24, 2.45) is 0 Å². The molecule has 1 saturated carbocycles. The van der Waals surface area contributed by atoms with Gasteiger partial charge in [0.25, 0.3) is 0 Å². The van der Waals surface area contributed by atoms with Gasteiger partial charge in [0.2, 0.25) is 5.88 Å². The monoisotopic (exact) mass is 479 g/mol. The van der Waals surface area contributed by atoms with Crippen molar-refractivity contribution in [3.8, 4) is 17.7 Å². The summed E-state index contributed by atoms with van der Waals surface area (Å²) in [6.07, 6.45) is 8.28. The standard InChI is InChI=1S/C30H29N3O3/c1-3-26(34)21-11-12-22(27(16-21)35-2)17-28-32-25-14-13-24(20-8-6-7-19(15-20)18-31)29(25)30(33-28)36-23-9-4-5-10-23/h6-8,11-13,15-16,23H,3-5,9-10,14,17H2,1-2H3. The Morgan fingerprint density at radius 1 is 1.14 bits per heavy atom. The third kappa shape index (κ3) is 4.74. The van der Waals surface area contributed by atoms with E-state index in [1.165, 1.54) is 0 Å². The molecule has 1 heterocycles. The topological polar surface area (TPSA) is 85.1 Å². The molecule has 2 aliphatic rings. The van der Waals surface area contributed by atoms with Crippen LogP contribution in [0.3, 0.4) is 0 Å². The molecule has 0 amide bonds. The van der Waals surface area contributed by atoms with Gasteiger partial charge in [0.05, 0.1) is 30.0 Å². The minimum absolute atomic E-state index is 0.0833. The maximum Gasteiger partial charge on any atom is 0.225 e. The van der Waals surface area contributed by atoms with Gasteiger partial charge in [0.15, 0.2) is 5.78 Å². The van der Waals surface area contributed by atoms with Gasteiger partial charge in [-0.25, -0.2) is 4.98 Å². The van der Waals surface area contributed by atoms with Crippen molar-refractivity contribution in [3.05, 3.63) is 87.9 Å². The number of carbonyl (C=O) groups is 1. The van der Waals surface area contributed by atoms with Crippen LogP contribution < -0.4 is 9.47 Å². The van der Waals surface area contributed by atoms with Gasteiger partial charge in [-0.15, -0.1) is 0 Å². The number of ether oxygens (including phenoxy) is 2. The summed E-state index contributed by atoms with van der Waals surface area (Å²) in [6.45, 7) is 1.85. The third-order valence-electron chi connectivity index (χ3n) is 6.93. The molecule has 6 nitrogen and oxygen atoms in total. The van der Waals surface area contributed by atoms with Crippen molar-refractivity contribution in [1.82, 2.24) is 9.97 Å². The lowest BCUT2D eigenvalue weighted by Gasteiger charge is -2.18. The third-order valence-corrected chi connectivity index (χ3v) is 6.93. The Bertz CT molecular complexity index is 1380. The first-order valence-corrected chi connectivity index (χ1v) is 12.6. The van der Waals surface area contributed by atoms with Crippen LogP contribution in [0.1, 0.15) is 83.2 Å². The molecule has 1 fully saturated rings. The summed E-state index contributed by atoms with van der Waals surface area (Å²) in [5.41, 5.74) is 6.03. The van der Waals surface area contributed by atoms with E-state index in [1.807, 2.05) is 43.3 Å². The molecule has 2 aliphatic carbocycles. The van der Waals surface area contributed by atoms with Crippen molar-refractivity contribution in [3.63, 3.8) is 0 Å². The number of aromatic nitrogens is 2. The second-order valence-corrected chi connectivity index (χ2v) is 9.29. The number of hydrogen-bond acceptors (Lipinski definition) is 6. The Labute approximate surface area is 211 Å². The average molecular weight is 480 g/mol. The van der Waals surface area contributed by atoms with Gasteiger partial charge in [-0.3, -0.25) is 4.79 Å². The largest absolute Gasteiger partial charge is 0.496 e. The average Bonchev–Trinajstić information content (AvgIpc) is 3.58. The highest BCUT2D eigenvalue weighted by Crippen LogP contribution is 2.39. The molecule has 0 spiro atoms. The van der Waals surface area contributed by atoms with Crippen LogP contribution in [-0.4, -0.2) is 29.0 Å². The van der Waals surface area contributed by atoms with Gasteiger partial charge in [-0.2, -0.15) is 10.2 Å². The molecular formula is C30H29N3O3. The van der Waals surface area contributed by atoms with Crippen molar-refractivity contribution in [1.29, 1.82) is 5.26 Å². The highest BCUT2D eigenvalue weighted by atomic mass is 16.5. The predicted molar refractivity (Wildman–Crippen MR) is 137 cm³/mol. The van der Waals surface area contributed by atoms with Crippen LogP contribution in [0, 0.1) is 11.3 Å². The summed E-state index contributed by atoms with van der Waals surface area (Å²) in [4.78, 5) is 22.0. The Morgan fingerprint density at radius 2 is 1.97 bits per heavy atom. The second-order valence-electron chi connectivity index (χ2n) is 9.29. The second kappa shape index (κ2) is 10.3. The maximum atomic E-state index is 12.2. The molecule has 2 aromatic carbocycles. The predicted octanol–water partition coefficient (Wildman–Crippen LogP) is 5.85. The molecule has 0 N–H and O–H groups in total. The zero-order valence-electron chi connectivity index (χ0n) is 20.7. The normalized spacial score (nSPS) is 14.8. The van der Waals surface area contributed by atoms with Crippen molar-refractivity contribution < 1.29 is 14.3 Å². The number of allylic oxidation sites excluding steroid dienone is 1. The van der Waals surface area contributed by atoms with Crippen LogP contribution in [-0.2, 0) is 12.8 Å². The molecule has 3 aromatic rings. The van der Waals surface area contributed by atoms with E-state index in [-0.39, 0.29) is 11.9 Å². The van der Waals surface area contributed by atoms with Crippen LogP contribution in [0.5, 0.6) is 11.6 Å². The smallest absolute Gasteiger partial charge is 0.225 e. The number of ketones is 1. The molecule has 0 unspecified atom stereocenters. The Hall–Kier alpha value is -3.98. The summed E-state index contributed by atoms with van der Waals surface area (Å²) in [6, 6.07) is 15.4. The first-order chi connectivity index (χ1) is 17.6. The molecule has 0 radical (unpaired) electrons. The van der Waals surface area contributed by atoms with E-state index in [1.54, 1.807) is 13.2 Å². The zero-order valence-corrected chi connectivity index (χ0v) is 20.7. The molecule has 1 aromatic heterocycles.